The minimum Gasteiger partial charge on any atom is -0.506 e. The van der Waals surface area contributed by atoms with E-state index in [0.29, 0.717) is 5.56 Å². The molecule has 1 unspecified atom stereocenters. The zero-order valence-electron chi connectivity index (χ0n) is 19.1. The van der Waals surface area contributed by atoms with Crippen LogP contribution in [0.2, 0.25) is 5.02 Å². The Bertz CT molecular complexity index is 1200. The van der Waals surface area contributed by atoms with Crippen LogP contribution in [0.15, 0.2) is 29.2 Å². The summed E-state index contributed by atoms with van der Waals surface area (Å²) in [6.45, 7) is 4.89. The van der Waals surface area contributed by atoms with Gasteiger partial charge in [0.25, 0.3) is 5.91 Å². The van der Waals surface area contributed by atoms with Crippen LogP contribution in [0, 0.1) is 19.7 Å². The molecular formula is C22H26ClFN2O6S. The van der Waals surface area contributed by atoms with Gasteiger partial charge in [0, 0.05) is 25.0 Å². The number of sulfonamides is 1. The van der Waals surface area contributed by atoms with Gasteiger partial charge < -0.3 is 14.7 Å². The first kappa shape index (κ1) is 26.6. The Hall–Kier alpha value is -2.69. The number of carbonyl (C=O) groups is 2. The predicted molar refractivity (Wildman–Crippen MR) is 122 cm³/mol. The average Bonchev–Trinajstić information content (AvgIpc) is 2.72. The van der Waals surface area contributed by atoms with Crippen LogP contribution in [0.1, 0.15) is 39.9 Å². The highest BCUT2D eigenvalue weighted by molar-refractivity contribution is 7.89. The molecule has 0 aliphatic carbocycles. The number of aryl methyl sites for hydroxylation is 1. The lowest BCUT2D eigenvalue weighted by atomic mass is 9.88. The molecule has 0 radical (unpaired) electrons. The summed E-state index contributed by atoms with van der Waals surface area (Å²) in [7, 11) is -0.832. The van der Waals surface area contributed by atoms with E-state index in [1.54, 1.807) is 19.9 Å². The third-order valence-electron chi connectivity index (χ3n) is 5.36. The molecule has 0 aliphatic rings. The summed E-state index contributed by atoms with van der Waals surface area (Å²) in [6.07, 6.45) is 0. The maximum absolute atomic E-state index is 14.7. The number of rotatable bonds is 7. The van der Waals surface area contributed by atoms with Crippen molar-refractivity contribution in [2.24, 2.45) is 0 Å². The lowest BCUT2D eigenvalue weighted by Crippen LogP contribution is -2.45. The van der Waals surface area contributed by atoms with E-state index in [9.17, 15) is 27.5 Å². The van der Waals surface area contributed by atoms with Crippen LogP contribution < -0.4 is 4.72 Å². The Morgan fingerprint density at radius 3 is 2.36 bits per heavy atom. The lowest BCUT2D eigenvalue weighted by molar-refractivity contribution is -0.143. The molecule has 0 aromatic heterocycles. The molecule has 0 spiro atoms. The van der Waals surface area contributed by atoms with Gasteiger partial charge in [-0.15, -0.1) is 0 Å². The van der Waals surface area contributed by atoms with Gasteiger partial charge in [-0.2, -0.15) is 4.72 Å². The van der Waals surface area contributed by atoms with Crippen molar-refractivity contribution in [1.82, 2.24) is 9.62 Å². The highest BCUT2D eigenvalue weighted by atomic mass is 35.5. The Kier molecular flexibility index (Phi) is 8.10. The number of halogens is 2. The zero-order chi connectivity index (χ0) is 25.2. The second-order valence-corrected chi connectivity index (χ2v) is 9.90. The quantitative estimate of drug-likeness (QED) is 0.565. The topological polar surface area (TPSA) is 113 Å². The molecule has 2 N–H and O–H groups in total. The van der Waals surface area contributed by atoms with E-state index in [-0.39, 0.29) is 10.6 Å². The monoisotopic (exact) mass is 500 g/mol. The minimum atomic E-state index is -4.69. The van der Waals surface area contributed by atoms with E-state index >= 15 is 0 Å². The Balaban J connectivity index is 2.66. The number of phenols is 1. The number of nitrogens with one attached hydrogen (secondary N) is 1. The fourth-order valence-corrected chi connectivity index (χ4v) is 5.23. The van der Waals surface area contributed by atoms with Crippen LogP contribution >= 0.6 is 11.6 Å². The number of benzene rings is 2. The van der Waals surface area contributed by atoms with Gasteiger partial charge in [0.15, 0.2) is 0 Å². The Morgan fingerprint density at radius 1 is 1.21 bits per heavy atom. The smallest absolute Gasteiger partial charge is 0.324 e. The summed E-state index contributed by atoms with van der Waals surface area (Å²) < 4.78 is 48.3. The van der Waals surface area contributed by atoms with Gasteiger partial charge in [0.1, 0.15) is 22.5 Å². The summed E-state index contributed by atoms with van der Waals surface area (Å²) in [6, 6.07) is 3.30. The van der Waals surface area contributed by atoms with Crippen LogP contribution in [0.5, 0.6) is 5.75 Å². The second-order valence-electron chi connectivity index (χ2n) is 7.81. The predicted octanol–water partition coefficient (Wildman–Crippen LogP) is 3.13. The summed E-state index contributed by atoms with van der Waals surface area (Å²) in [4.78, 5) is 25.5. The van der Waals surface area contributed by atoms with Crippen LogP contribution in [0.25, 0.3) is 0 Å². The van der Waals surface area contributed by atoms with Crippen molar-refractivity contribution in [1.29, 1.82) is 0 Å². The van der Waals surface area contributed by atoms with Crippen molar-refractivity contribution < 1.29 is 32.2 Å². The Morgan fingerprint density at radius 2 is 1.82 bits per heavy atom. The normalized spacial score (nSPS) is 13.3. The fourth-order valence-electron chi connectivity index (χ4n) is 3.50. The first-order valence-corrected chi connectivity index (χ1v) is 11.7. The van der Waals surface area contributed by atoms with Gasteiger partial charge in [-0.3, -0.25) is 9.59 Å². The van der Waals surface area contributed by atoms with Gasteiger partial charge in [0.05, 0.1) is 12.7 Å². The van der Waals surface area contributed by atoms with Gasteiger partial charge in [-0.05, 0) is 48.7 Å². The average molecular weight is 501 g/mol. The molecule has 2 aromatic rings. The number of methoxy groups -OCH3 is 1. The van der Waals surface area contributed by atoms with E-state index in [2.05, 4.69) is 4.72 Å². The summed E-state index contributed by atoms with van der Waals surface area (Å²) in [5.74, 6) is -4.10. The number of amides is 1. The molecule has 8 nitrogen and oxygen atoms in total. The number of esters is 1. The van der Waals surface area contributed by atoms with E-state index in [1.807, 2.05) is 0 Å². The largest absolute Gasteiger partial charge is 0.506 e. The fraction of sp³-hybridized carbons (Fsp3) is 0.364. The van der Waals surface area contributed by atoms with Crippen LogP contribution in [0.3, 0.4) is 0 Å². The number of aromatic hydroxyl groups is 1. The molecule has 0 bridgehead atoms. The highest BCUT2D eigenvalue weighted by Gasteiger charge is 2.37. The van der Waals surface area contributed by atoms with Crippen molar-refractivity contribution in [3.63, 3.8) is 0 Å². The van der Waals surface area contributed by atoms with Crippen molar-refractivity contribution in [3.8, 4) is 5.75 Å². The van der Waals surface area contributed by atoms with Gasteiger partial charge >= 0.3 is 5.97 Å². The first-order valence-electron chi connectivity index (χ1n) is 9.82. The summed E-state index contributed by atoms with van der Waals surface area (Å²) in [5.41, 5.74) is 1.04. The van der Waals surface area contributed by atoms with E-state index < -0.39 is 55.9 Å². The van der Waals surface area contributed by atoms with Crippen molar-refractivity contribution in [2.45, 2.75) is 37.6 Å². The molecule has 2 rings (SSSR count). The van der Waals surface area contributed by atoms with Crippen molar-refractivity contribution in [2.75, 3.05) is 21.2 Å². The van der Waals surface area contributed by atoms with Crippen LogP contribution in [-0.4, -0.2) is 57.5 Å². The zero-order valence-corrected chi connectivity index (χ0v) is 20.6. The third kappa shape index (κ3) is 5.45. The molecule has 0 heterocycles. The maximum atomic E-state index is 14.7. The van der Waals surface area contributed by atoms with Crippen molar-refractivity contribution >= 4 is 33.5 Å². The number of phenolic OH excluding ortho intramolecular Hbond substituents is 1. The molecule has 2 aromatic carbocycles. The minimum absolute atomic E-state index is 0.0630. The molecule has 2 atom stereocenters. The molecule has 180 valence electrons. The number of carbonyl (C=O) groups excluding carboxylic acids is 2. The molecular weight excluding hydrogens is 475 g/mol. The Labute approximate surface area is 197 Å². The third-order valence-corrected chi connectivity index (χ3v) is 7.11. The van der Waals surface area contributed by atoms with Crippen LogP contribution in [0.4, 0.5) is 4.39 Å². The molecule has 11 heteroatoms. The molecule has 0 aliphatic heterocycles. The first-order chi connectivity index (χ1) is 15.2. The molecule has 0 saturated carbocycles. The number of nitrogens with zero attached hydrogens (tertiary/aromatic N) is 1. The molecule has 0 fully saturated rings. The second kappa shape index (κ2) is 10.1. The highest BCUT2D eigenvalue weighted by Crippen LogP contribution is 2.33. The van der Waals surface area contributed by atoms with Crippen LogP contribution in [-0.2, 0) is 19.6 Å². The lowest BCUT2D eigenvalue weighted by Gasteiger charge is -2.26. The standard InChI is InChI=1S/C22H26ClFN2O6S/c1-11-7-8-16(24)18(12(11)2)13(3)19(22(29)32-6)25-33(30,31)20-15(21(28)26(4)5)9-14(23)10-17(20)27/h7-10,13,19,25,27H,1-6H3/t13?,19-/m0/s1. The van der Waals surface area contributed by atoms with Crippen molar-refractivity contribution in [3.05, 3.63) is 57.4 Å². The number of ether oxygens (including phenoxy) is 1. The SMILES string of the molecule is COC(=O)[C@@H](NS(=O)(=O)c1c(O)cc(Cl)cc1C(=O)N(C)C)C(C)c1c(F)ccc(C)c1C. The number of hydrogen-bond donors (Lipinski definition) is 2. The molecule has 33 heavy (non-hydrogen) atoms. The van der Waals surface area contributed by atoms with Gasteiger partial charge in [-0.1, -0.05) is 24.6 Å². The van der Waals surface area contributed by atoms with E-state index in [0.717, 1.165) is 29.7 Å². The van der Waals surface area contributed by atoms with E-state index in [4.69, 9.17) is 16.3 Å². The number of hydrogen-bond acceptors (Lipinski definition) is 6. The summed E-state index contributed by atoms with van der Waals surface area (Å²) in [5, 5.41) is 10.3. The van der Waals surface area contributed by atoms with E-state index in [1.165, 1.54) is 27.1 Å². The molecule has 1 amide bonds. The maximum Gasteiger partial charge on any atom is 0.324 e. The molecule has 0 saturated heterocycles. The van der Waals surface area contributed by atoms with Gasteiger partial charge in [-0.25, -0.2) is 12.8 Å². The van der Waals surface area contributed by atoms with Gasteiger partial charge in [0.2, 0.25) is 10.0 Å². The summed E-state index contributed by atoms with van der Waals surface area (Å²) >= 11 is 5.92.